The Bertz CT molecular complexity index is 1370. The van der Waals surface area contributed by atoms with Gasteiger partial charge in [0.25, 0.3) is 5.91 Å². The molecular weight excluding hydrogens is 400 g/mol. The molecule has 6 nitrogen and oxygen atoms in total. The lowest BCUT2D eigenvalue weighted by Crippen LogP contribution is -2.17. The van der Waals surface area contributed by atoms with E-state index in [2.05, 4.69) is 20.8 Å². The second-order valence-electron chi connectivity index (χ2n) is 7.49. The number of anilines is 1. The number of nitrogens with zero attached hydrogens (tertiary/aromatic N) is 1. The average Bonchev–Trinajstić information content (AvgIpc) is 3.09. The molecule has 0 bridgehead atoms. The lowest BCUT2D eigenvalue weighted by molar-refractivity contribution is -0.115. The van der Waals surface area contributed by atoms with Crippen molar-refractivity contribution in [2.45, 2.75) is 6.42 Å². The van der Waals surface area contributed by atoms with Crippen LogP contribution in [0.2, 0.25) is 0 Å². The van der Waals surface area contributed by atoms with Crippen molar-refractivity contribution >= 4 is 40.7 Å². The molecule has 1 aromatic heterocycles. The Morgan fingerprint density at radius 1 is 1.00 bits per heavy atom. The van der Waals surface area contributed by atoms with Crippen molar-refractivity contribution in [2.24, 2.45) is 5.10 Å². The minimum Gasteiger partial charge on any atom is -0.354 e. The van der Waals surface area contributed by atoms with Gasteiger partial charge in [-0.3, -0.25) is 9.59 Å². The van der Waals surface area contributed by atoms with Gasteiger partial charge >= 0.3 is 0 Å². The Kier molecular flexibility index (Phi) is 5.09. The van der Waals surface area contributed by atoms with Crippen molar-refractivity contribution in [1.82, 2.24) is 10.4 Å². The van der Waals surface area contributed by atoms with Crippen LogP contribution < -0.4 is 10.7 Å². The molecule has 0 unspecified atom stereocenters. The van der Waals surface area contributed by atoms with Crippen LogP contribution in [0.3, 0.4) is 0 Å². The summed E-state index contributed by atoms with van der Waals surface area (Å²) in [6.07, 6.45) is 5.61. The SMILES string of the molecule is O=C(CC=Cc1ccccc1)Nc1cc2c3c(c(-c4ccccc4)[nH]c3c1)C=NNC2=O. The van der Waals surface area contributed by atoms with Gasteiger partial charge in [0, 0.05) is 28.6 Å². The third kappa shape index (κ3) is 3.81. The molecule has 6 heteroatoms. The second-order valence-corrected chi connectivity index (χ2v) is 7.49. The van der Waals surface area contributed by atoms with Gasteiger partial charge in [-0.05, 0) is 23.3 Å². The number of hydrogen-bond acceptors (Lipinski definition) is 3. The summed E-state index contributed by atoms with van der Waals surface area (Å²) in [6.45, 7) is 0. The molecule has 1 aliphatic rings. The van der Waals surface area contributed by atoms with Crippen molar-refractivity contribution < 1.29 is 9.59 Å². The summed E-state index contributed by atoms with van der Waals surface area (Å²) in [6, 6.07) is 23.2. The van der Waals surface area contributed by atoms with Crippen LogP contribution in [0.4, 0.5) is 5.69 Å². The van der Waals surface area contributed by atoms with Crippen molar-refractivity contribution in [2.75, 3.05) is 5.32 Å². The standard InChI is InChI=1S/C26H20N4O2/c31-23(13-7-10-17-8-3-1-4-9-17)28-19-14-20-24-21(16-27-30-26(20)32)25(29-22(24)15-19)18-11-5-2-6-12-18/h1-12,14-16,29H,13H2,(H,28,31)(H,30,32). The highest BCUT2D eigenvalue weighted by molar-refractivity contribution is 6.18. The Morgan fingerprint density at radius 2 is 1.75 bits per heavy atom. The molecule has 0 atom stereocenters. The lowest BCUT2D eigenvalue weighted by atomic mass is 10.0. The summed E-state index contributed by atoms with van der Waals surface area (Å²) in [4.78, 5) is 28.5. The highest BCUT2D eigenvalue weighted by Crippen LogP contribution is 2.34. The molecule has 32 heavy (non-hydrogen) atoms. The number of aromatic nitrogens is 1. The molecule has 3 aromatic carbocycles. The first-order valence-electron chi connectivity index (χ1n) is 10.3. The Balaban J connectivity index is 1.46. The maximum absolute atomic E-state index is 12.6. The number of rotatable bonds is 5. The molecule has 2 heterocycles. The maximum atomic E-state index is 12.6. The zero-order chi connectivity index (χ0) is 21.9. The fourth-order valence-electron chi connectivity index (χ4n) is 3.86. The minimum absolute atomic E-state index is 0.163. The maximum Gasteiger partial charge on any atom is 0.272 e. The zero-order valence-corrected chi connectivity index (χ0v) is 17.1. The number of carbonyl (C=O) groups is 2. The molecule has 0 saturated carbocycles. The molecule has 0 radical (unpaired) electrons. The summed E-state index contributed by atoms with van der Waals surface area (Å²) in [5, 5.41) is 7.75. The Hall–Kier alpha value is -4.45. The van der Waals surface area contributed by atoms with E-state index in [0.717, 1.165) is 33.3 Å². The summed E-state index contributed by atoms with van der Waals surface area (Å²) in [5.41, 5.74) is 8.04. The quantitative estimate of drug-likeness (QED) is 0.426. The number of amides is 2. The molecule has 0 spiro atoms. The average molecular weight is 420 g/mol. The lowest BCUT2D eigenvalue weighted by Gasteiger charge is -2.07. The van der Waals surface area contributed by atoms with Gasteiger partial charge in [-0.1, -0.05) is 72.8 Å². The number of nitrogens with one attached hydrogen (secondary N) is 3. The van der Waals surface area contributed by atoms with Crippen LogP contribution in [0.15, 0.2) is 84.0 Å². The number of aromatic amines is 1. The number of carbonyl (C=O) groups excluding carboxylic acids is 2. The van der Waals surface area contributed by atoms with Crippen LogP contribution in [0.25, 0.3) is 28.2 Å². The minimum atomic E-state index is -0.316. The number of hydrazone groups is 1. The van der Waals surface area contributed by atoms with E-state index in [0.29, 0.717) is 11.3 Å². The van der Waals surface area contributed by atoms with Gasteiger partial charge in [-0.2, -0.15) is 5.10 Å². The van der Waals surface area contributed by atoms with E-state index < -0.39 is 0 Å². The van der Waals surface area contributed by atoms with E-state index >= 15 is 0 Å². The first-order valence-corrected chi connectivity index (χ1v) is 10.3. The van der Waals surface area contributed by atoms with Crippen LogP contribution in [-0.2, 0) is 4.79 Å². The molecule has 156 valence electrons. The van der Waals surface area contributed by atoms with E-state index in [1.165, 1.54) is 0 Å². The molecule has 4 aromatic rings. The van der Waals surface area contributed by atoms with E-state index in [1.807, 2.05) is 78.9 Å². The number of hydrogen-bond donors (Lipinski definition) is 3. The molecule has 0 aliphatic carbocycles. The van der Waals surface area contributed by atoms with Crippen molar-refractivity contribution in [1.29, 1.82) is 0 Å². The second kappa shape index (κ2) is 8.35. The Labute approximate surface area is 184 Å². The molecule has 3 N–H and O–H groups in total. The van der Waals surface area contributed by atoms with E-state index in [1.54, 1.807) is 12.3 Å². The molecular formula is C26H20N4O2. The zero-order valence-electron chi connectivity index (χ0n) is 17.1. The summed E-state index contributed by atoms with van der Waals surface area (Å²) >= 11 is 0. The Morgan fingerprint density at radius 3 is 2.53 bits per heavy atom. The van der Waals surface area contributed by atoms with Crippen LogP contribution in [-0.4, -0.2) is 23.0 Å². The molecule has 5 rings (SSSR count). The predicted octanol–water partition coefficient (Wildman–Crippen LogP) is 4.95. The fraction of sp³-hybridized carbons (Fsp3) is 0.0385. The summed E-state index contributed by atoms with van der Waals surface area (Å²) in [5.74, 6) is -0.479. The van der Waals surface area contributed by atoms with Crippen molar-refractivity contribution in [3.63, 3.8) is 0 Å². The van der Waals surface area contributed by atoms with Crippen LogP contribution in [0.1, 0.15) is 27.9 Å². The van der Waals surface area contributed by atoms with Gasteiger partial charge in [0.15, 0.2) is 0 Å². The van der Waals surface area contributed by atoms with Crippen LogP contribution in [0.5, 0.6) is 0 Å². The van der Waals surface area contributed by atoms with Crippen LogP contribution >= 0.6 is 0 Å². The van der Waals surface area contributed by atoms with Crippen LogP contribution in [0, 0.1) is 0 Å². The van der Waals surface area contributed by atoms with E-state index in [9.17, 15) is 9.59 Å². The van der Waals surface area contributed by atoms with Gasteiger partial charge in [0.1, 0.15) is 0 Å². The predicted molar refractivity (Wildman–Crippen MR) is 128 cm³/mol. The molecule has 2 amide bonds. The largest absolute Gasteiger partial charge is 0.354 e. The smallest absolute Gasteiger partial charge is 0.272 e. The topological polar surface area (TPSA) is 86.3 Å². The highest BCUT2D eigenvalue weighted by Gasteiger charge is 2.22. The first-order chi connectivity index (χ1) is 15.7. The fourth-order valence-corrected chi connectivity index (χ4v) is 3.86. The third-order valence-corrected chi connectivity index (χ3v) is 5.30. The first kappa shape index (κ1) is 19.5. The highest BCUT2D eigenvalue weighted by atomic mass is 16.2. The summed E-state index contributed by atoms with van der Waals surface area (Å²) in [7, 11) is 0. The molecule has 1 aliphatic heterocycles. The molecule has 0 saturated heterocycles. The van der Waals surface area contributed by atoms with Gasteiger partial charge in [-0.25, -0.2) is 5.43 Å². The monoisotopic (exact) mass is 420 g/mol. The van der Waals surface area contributed by atoms with Gasteiger partial charge < -0.3 is 10.3 Å². The van der Waals surface area contributed by atoms with Gasteiger partial charge in [0.2, 0.25) is 5.91 Å². The van der Waals surface area contributed by atoms with Crippen molar-refractivity contribution in [3.8, 4) is 11.3 Å². The summed E-state index contributed by atoms with van der Waals surface area (Å²) < 4.78 is 0. The van der Waals surface area contributed by atoms with Gasteiger partial charge in [-0.15, -0.1) is 0 Å². The van der Waals surface area contributed by atoms with Gasteiger partial charge in [0.05, 0.1) is 17.5 Å². The van der Waals surface area contributed by atoms with Crippen molar-refractivity contribution in [3.05, 3.63) is 95.6 Å². The van der Waals surface area contributed by atoms with E-state index in [-0.39, 0.29) is 18.2 Å². The third-order valence-electron chi connectivity index (χ3n) is 5.30. The van der Waals surface area contributed by atoms with E-state index in [4.69, 9.17) is 0 Å². The molecule has 0 fully saturated rings. The number of benzene rings is 3. The normalized spacial score (nSPS) is 12.7. The number of H-pyrrole nitrogens is 1.